The molecule has 2 aromatic rings. The van der Waals surface area contributed by atoms with E-state index in [0.717, 1.165) is 18.7 Å². The number of pyridine rings is 1. The summed E-state index contributed by atoms with van der Waals surface area (Å²) in [5, 5.41) is 23.9. The van der Waals surface area contributed by atoms with Crippen LogP contribution in [0.1, 0.15) is 28.4 Å². The first kappa shape index (κ1) is 26.2. The number of Topliss-reactive ketones (excluding diaryl/α,β-unsaturated/α-hetero) is 1. The zero-order valence-electron chi connectivity index (χ0n) is 20.0. The molecule has 1 aromatic carbocycles. The molecule has 1 fully saturated rings. The van der Waals surface area contributed by atoms with E-state index in [0.29, 0.717) is 30.0 Å². The number of nitrogens with one attached hydrogen (secondary N) is 1. The quantitative estimate of drug-likeness (QED) is 0.466. The van der Waals surface area contributed by atoms with Crippen LogP contribution in [-0.2, 0) is 11.3 Å². The highest BCUT2D eigenvalue weighted by atomic mass is 32.2. The minimum Gasteiger partial charge on any atom is -0.508 e. The first-order chi connectivity index (χ1) is 16.3. The van der Waals surface area contributed by atoms with Crippen molar-refractivity contribution >= 4 is 23.5 Å². The lowest BCUT2D eigenvalue weighted by Crippen LogP contribution is -2.59. The third-order valence-corrected chi connectivity index (χ3v) is 6.96. The van der Waals surface area contributed by atoms with E-state index in [9.17, 15) is 19.8 Å². The second-order valence-electron chi connectivity index (χ2n) is 8.77. The molecule has 1 saturated heterocycles. The predicted molar refractivity (Wildman–Crippen MR) is 134 cm³/mol. The van der Waals surface area contributed by atoms with Crippen molar-refractivity contribution in [2.24, 2.45) is 0 Å². The Balaban J connectivity index is 1.64. The molecule has 3 unspecified atom stereocenters. The number of hydrogen-bond donors (Lipinski definition) is 3. The molecule has 0 radical (unpaired) electrons. The molecule has 1 aliphatic rings. The molecule has 9 heteroatoms. The molecular weight excluding hydrogens is 452 g/mol. The van der Waals surface area contributed by atoms with Gasteiger partial charge in [-0.1, -0.05) is 12.1 Å². The number of nitrogens with zero attached hydrogens (tertiary/aromatic N) is 3. The largest absolute Gasteiger partial charge is 0.508 e. The maximum atomic E-state index is 12.9. The molecule has 0 bridgehead atoms. The van der Waals surface area contributed by atoms with E-state index >= 15 is 0 Å². The number of aliphatic hydroxyl groups excluding tert-OH is 1. The number of β-amino-alcohol motifs (C(OH)–C–C–N with tert-alkyl or cyclic N) is 1. The molecule has 0 saturated carbocycles. The van der Waals surface area contributed by atoms with Gasteiger partial charge >= 0.3 is 0 Å². The van der Waals surface area contributed by atoms with Gasteiger partial charge in [0.15, 0.2) is 0 Å². The van der Waals surface area contributed by atoms with Gasteiger partial charge in [-0.3, -0.25) is 24.4 Å². The van der Waals surface area contributed by atoms with Gasteiger partial charge in [-0.15, -0.1) is 0 Å². The lowest BCUT2D eigenvalue weighted by Gasteiger charge is -2.41. The van der Waals surface area contributed by atoms with Gasteiger partial charge in [0, 0.05) is 62.0 Å². The fourth-order valence-electron chi connectivity index (χ4n) is 4.29. The van der Waals surface area contributed by atoms with Crippen LogP contribution in [0, 0.1) is 6.92 Å². The van der Waals surface area contributed by atoms with E-state index in [1.807, 2.05) is 29.5 Å². The number of ketones is 1. The third kappa shape index (κ3) is 6.79. The molecule has 184 valence electrons. The van der Waals surface area contributed by atoms with Gasteiger partial charge < -0.3 is 15.5 Å². The Morgan fingerprint density at radius 2 is 2.06 bits per heavy atom. The summed E-state index contributed by atoms with van der Waals surface area (Å²) in [5.41, 5.74) is 1.98. The Morgan fingerprint density at radius 1 is 1.26 bits per heavy atom. The minimum atomic E-state index is -0.847. The van der Waals surface area contributed by atoms with Crippen LogP contribution >= 0.6 is 11.8 Å². The van der Waals surface area contributed by atoms with Crippen LogP contribution in [0.25, 0.3) is 0 Å². The lowest BCUT2D eigenvalue weighted by atomic mass is 10.0. The molecule has 0 spiro atoms. The van der Waals surface area contributed by atoms with Crippen LogP contribution in [-0.4, -0.2) is 93.1 Å². The van der Waals surface area contributed by atoms with Crippen molar-refractivity contribution in [3.8, 4) is 5.75 Å². The van der Waals surface area contributed by atoms with Crippen LogP contribution in [0.3, 0.4) is 0 Å². The van der Waals surface area contributed by atoms with Crippen molar-refractivity contribution in [2.45, 2.75) is 38.6 Å². The van der Waals surface area contributed by atoms with Crippen molar-refractivity contribution < 1.29 is 19.8 Å². The molecule has 1 aliphatic heterocycles. The van der Waals surface area contributed by atoms with Crippen LogP contribution < -0.4 is 5.32 Å². The fourth-order valence-corrected chi connectivity index (χ4v) is 4.95. The normalized spacial score (nSPS) is 18.9. The molecule has 8 nitrogen and oxygen atoms in total. The number of aliphatic hydroxyl groups is 1. The average Bonchev–Trinajstić information content (AvgIpc) is 2.82. The number of carbonyl (C=O) groups is 2. The first-order valence-corrected chi connectivity index (χ1v) is 12.8. The highest BCUT2D eigenvalue weighted by Gasteiger charge is 2.33. The van der Waals surface area contributed by atoms with Gasteiger partial charge in [-0.25, -0.2) is 0 Å². The highest BCUT2D eigenvalue weighted by molar-refractivity contribution is 7.98. The van der Waals surface area contributed by atoms with Gasteiger partial charge in [0.2, 0.25) is 0 Å². The second-order valence-corrected chi connectivity index (χ2v) is 9.68. The predicted octanol–water partition coefficient (Wildman–Crippen LogP) is 1.69. The molecule has 34 heavy (non-hydrogen) atoms. The number of benzene rings is 1. The van der Waals surface area contributed by atoms with E-state index in [-0.39, 0.29) is 30.0 Å². The topological polar surface area (TPSA) is 106 Å². The smallest absolute Gasteiger partial charge is 0.252 e. The number of aromatic nitrogens is 1. The van der Waals surface area contributed by atoms with Crippen molar-refractivity contribution in [2.75, 3.05) is 38.2 Å². The van der Waals surface area contributed by atoms with E-state index in [2.05, 4.69) is 15.2 Å². The number of thioether (sulfide) groups is 1. The summed E-state index contributed by atoms with van der Waals surface area (Å²) < 4.78 is 0. The summed E-state index contributed by atoms with van der Waals surface area (Å²) >= 11 is 1.53. The Bertz CT molecular complexity index is 975. The lowest BCUT2D eigenvalue weighted by molar-refractivity contribution is -0.125. The van der Waals surface area contributed by atoms with E-state index in [1.165, 1.54) is 17.8 Å². The number of aromatic hydroxyl groups is 1. The third-order valence-electron chi connectivity index (χ3n) is 6.27. The SMILES string of the molecule is CSCC(NC(=O)c1cccc(O)c1C)C(O)CN1CCN(Cc2cccnc2)CC1C(C)=O. The Morgan fingerprint density at radius 3 is 2.74 bits per heavy atom. The summed E-state index contributed by atoms with van der Waals surface area (Å²) in [4.78, 5) is 33.7. The monoisotopic (exact) mass is 486 g/mol. The summed E-state index contributed by atoms with van der Waals surface area (Å²) in [6.45, 7) is 6.29. The number of amides is 1. The van der Waals surface area contributed by atoms with Crippen LogP contribution in [0.2, 0.25) is 0 Å². The zero-order chi connectivity index (χ0) is 24.7. The second kappa shape index (κ2) is 12.3. The zero-order valence-corrected chi connectivity index (χ0v) is 20.8. The number of phenols is 1. The van der Waals surface area contributed by atoms with Crippen molar-refractivity contribution in [3.63, 3.8) is 0 Å². The first-order valence-electron chi connectivity index (χ1n) is 11.4. The standard InChI is InChI=1S/C25H34N4O4S/c1-17-20(7-4-8-23(17)31)25(33)27-21(16-34-3)24(32)15-29-11-10-28(14-22(29)18(2)30)13-19-6-5-9-26-12-19/h4-9,12,21-22,24,31-32H,10-11,13-16H2,1-3H3,(H,27,33). The summed E-state index contributed by atoms with van der Waals surface area (Å²) in [7, 11) is 0. The van der Waals surface area contributed by atoms with Gasteiger partial charge in [0.05, 0.1) is 18.2 Å². The van der Waals surface area contributed by atoms with Crippen molar-refractivity contribution in [1.82, 2.24) is 20.1 Å². The molecule has 1 amide bonds. The van der Waals surface area contributed by atoms with Crippen molar-refractivity contribution in [1.29, 1.82) is 0 Å². The molecule has 3 atom stereocenters. The number of hydrogen-bond acceptors (Lipinski definition) is 8. The summed E-state index contributed by atoms with van der Waals surface area (Å²) in [5.74, 6) is 0.305. The molecule has 0 aliphatic carbocycles. The van der Waals surface area contributed by atoms with Crippen molar-refractivity contribution in [3.05, 3.63) is 59.4 Å². The number of carbonyl (C=O) groups excluding carboxylic acids is 2. The molecule has 1 aromatic heterocycles. The average molecular weight is 487 g/mol. The molecule has 3 rings (SSSR count). The Labute approximate surface area is 205 Å². The number of phenolic OH excluding ortho intramolecular Hbond substituents is 1. The maximum absolute atomic E-state index is 12.9. The van der Waals surface area contributed by atoms with Crippen LogP contribution in [0.15, 0.2) is 42.7 Å². The molecular formula is C25H34N4O4S. The van der Waals surface area contributed by atoms with Crippen LogP contribution in [0.4, 0.5) is 0 Å². The summed E-state index contributed by atoms with van der Waals surface area (Å²) in [6, 6.07) is 7.93. The highest BCUT2D eigenvalue weighted by Crippen LogP contribution is 2.20. The van der Waals surface area contributed by atoms with E-state index in [1.54, 1.807) is 32.2 Å². The molecule has 2 heterocycles. The van der Waals surface area contributed by atoms with E-state index < -0.39 is 12.1 Å². The van der Waals surface area contributed by atoms with E-state index in [4.69, 9.17) is 0 Å². The number of rotatable bonds is 10. The van der Waals surface area contributed by atoms with Gasteiger partial charge in [0.25, 0.3) is 5.91 Å². The molecule has 3 N–H and O–H groups in total. The number of piperazine rings is 1. The minimum absolute atomic E-state index is 0.0584. The van der Waals surface area contributed by atoms with Gasteiger partial charge in [0.1, 0.15) is 11.5 Å². The van der Waals surface area contributed by atoms with Gasteiger partial charge in [-0.05, 0) is 43.9 Å². The van der Waals surface area contributed by atoms with Crippen LogP contribution in [0.5, 0.6) is 5.75 Å². The maximum Gasteiger partial charge on any atom is 0.252 e. The Kier molecular flexibility index (Phi) is 9.46. The van der Waals surface area contributed by atoms with Gasteiger partial charge in [-0.2, -0.15) is 11.8 Å². The summed E-state index contributed by atoms with van der Waals surface area (Å²) in [6.07, 6.45) is 4.65. The fraction of sp³-hybridized carbons (Fsp3) is 0.480. The Hall–Kier alpha value is -2.46.